The summed E-state index contributed by atoms with van der Waals surface area (Å²) < 4.78 is 0. The minimum atomic E-state index is 0.493. The second kappa shape index (κ2) is 5.18. The van der Waals surface area contributed by atoms with Crippen molar-refractivity contribution in [3.8, 4) is 6.07 Å². The molecular weight excluding hydrogens is 210 g/mol. The zero-order valence-electron chi connectivity index (χ0n) is 10.5. The molecule has 0 radical (unpaired) electrons. The first-order chi connectivity index (χ1) is 8.19. The van der Waals surface area contributed by atoms with Gasteiger partial charge < -0.3 is 5.32 Å². The molecule has 1 heterocycles. The maximum atomic E-state index is 8.85. The van der Waals surface area contributed by atoms with Crippen LogP contribution in [0.1, 0.15) is 38.7 Å². The van der Waals surface area contributed by atoms with Crippen molar-refractivity contribution in [2.75, 3.05) is 5.32 Å². The highest BCUT2D eigenvalue weighted by atomic mass is 15.0. The van der Waals surface area contributed by atoms with Crippen LogP contribution >= 0.6 is 0 Å². The molecule has 3 nitrogen and oxygen atoms in total. The van der Waals surface area contributed by atoms with Crippen LogP contribution in [0.5, 0.6) is 0 Å². The second-order valence-electron chi connectivity index (χ2n) is 5.19. The van der Waals surface area contributed by atoms with E-state index in [4.69, 9.17) is 5.26 Å². The third-order valence-corrected chi connectivity index (χ3v) is 3.65. The number of pyridine rings is 1. The first-order valence-electron chi connectivity index (χ1n) is 6.31. The smallest absolute Gasteiger partial charge is 0.127 e. The number of nitrogens with zero attached hydrogens (tertiary/aromatic N) is 2. The molecule has 0 amide bonds. The molecule has 3 atom stereocenters. The molecule has 0 bridgehead atoms. The lowest BCUT2D eigenvalue weighted by Gasteiger charge is -2.33. The van der Waals surface area contributed by atoms with Crippen molar-refractivity contribution < 1.29 is 0 Å². The molecule has 1 aromatic heterocycles. The van der Waals surface area contributed by atoms with Crippen LogP contribution < -0.4 is 5.32 Å². The quantitative estimate of drug-likeness (QED) is 0.847. The highest BCUT2D eigenvalue weighted by molar-refractivity contribution is 5.43. The monoisotopic (exact) mass is 229 g/mol. The van der Waals surface area contributed by atoms with Gasteiger partial charge in [-0.05, 0) is 43.2 Å². The molecule has 0 saturated heterocycles. The van der Waals surface area contributed by atoms with Gasteiger partial charge in [-0.3, -0.25) is 0 Å². The highest BCUT2D eigenvalue weighted by Crippen LogP contribution is 2.30. The molecule has 0 aromatic carbocycles. The van der Waals surface area contributed by atoms with Gasteiger partial charge in [0.15, 0.2) is 0 Å². The Labute approximate surface area is 103 Å². The van der Waals surface area contributed by atoms with Crippen LogP contribution in [0.2, 0.25) is 0 Å². The van der Waals surface area contributed by atoms with E-state index < -0.39 is 0 Å². The Kier molecular flexibility index (Phi) is 3.63. The summed E-state index contributed by atoms with van der Waals surface area (Å²) in [7, 11) is 0. The predicted molar refractivity (Wildman–Crippen MR) is 68.5 cm³/mol. The van der Waals surface area contributed by atoms with E-state index in [-0.39, 0.29) is 0 Å². The molecule has 2 rings (SSSR count). The van der Waals surface area contributed by atoms with Gasteiger partial charge in [0.1, 0.15) is 5.82 Å². The third kappa shape index (κ3) is 2.97. The number of anilines is 1. The fourth-order valence-electron chi connectivity index (χ4n) is 2.65. The van der Waals surface area contributed by atoms with E-state index in [0.717, 1.165) is 11.7 Å². The fraction of sp³-hybridized carbons (Fsp3) is 0.571. The zero-order chi connectivity index (χ0) is 12.3. The fourth-order valence-corrected chi connectivity index (χ4v) is 2.65. The maximum absolute atomic E-state index is 8.85. The van der Waals surface area contributed by atoms with Gasteiger partial charge in [0.25, 0.3) is 0 Å². The second-order valence-corrected chi connectivity index (χ2v) is 5.19. The molecule has 1 aliphatic rings. The van der Waals surface area contributed by atoms with Crippen LogP contribution in [0.15, 0.2) is 18.3 Å². The Morgan fingerprint density at radius 1 is 1.41 bits per heavy atom. The number of aromatic nitrogens is 1. The summed E-state index contributed by atoms with van der Waals surface area (Å²) in [6.07, 6.45) is 5.44. The molecule has 1 aromatic rings. The Hall–Kier alpha value is -1.56. The predicted octanol–water partition coefficient (Wildman–Crippen LogP) is 3.19. The molecule has 1 N–H and O–H groups in total. The van der Waals surface area contributed by atoms with Crippen molar-refractivity contribution in [1.82, 2.24) is 4.98 Å². The van der Waals surface area contributed by atoms with Crippen LogP contribution in [-0.4, -0.2) is 11.0 Å². The molecule has 0 aliphatic heterocycles. The van der Waals surface area contributed by atoms with Crippen LogP contribution in [-0.2, 0) is 0 Å². The molecule has 1 fully saturated rings. The molecule has 17 heavy (non-hydrogen) atoms. The summed E-state index contributed by atoms with van der Waals surface area (Å²) in [5.41, 5.74) is 0.666. The molecule has 90 valence electrons. The van der Waals surface area contributed by atoms with Gasteiger partial charge in [0.2, 0.25) is 0 Å². The van der Waals surface area contributed by atoms with E-state index in [9.17, 15) is 0 Å². The highest BCUT2D eigenvalue weighted by Gasteiger charge is 2.25. The third-order valence-electron chi connectivity index (χ3n) is 3.65. The topological polar surface area (TPSA) is 48.7 Å². The number of nitriles is 1. The minimum absolute atomic E-state index is 0.493. The van der Waals surface area contributed by atoms with Crippen molar-refractivity contribution in [2.45, 2.75) is 39.2 Å². The van der Waals surface area contributed by atoms with Crippen molar-refractivity contribution in [3.63, 3.8) is 0 Å². The summed E-state index contributed by atoms with van der Waals surface area (Å²) in [4.78, 5) is 4.27. The van der Waals surface area contributed by atoms with E-state index in [1.165, 1.54) is 19.3 Å². The van der Waals surface area contributed by atoms with Gasteiger partial charge in [-0.15, -0.1) is 0 Å². The van der Waals surface area contributed by atoms with E-state index in [0.29, 0.717) is 17.5 Å². The summed E-state index contributed by atoms with van der Waals surface area (Å²) >= 11 is 0. The molecular formula is C14H19N3. The lowest BCUT2D eigenvalue weighted by Crippen LogP contribution is -2.33. The van der Waals surface area contributed by atoms with E-state index in [2.05, 4.69) is 30.2 Å². The van der Waals surface area contributed by atoms with Gasteiger partial charge in [-0.2, -0.15) is 5.26 Å². The molecule has 0 spiro atoms. The molecule has 3 unspecified atom stereocenters. The summed E-state index contributed by atoms with van der Waals surface area (Å²) in [6.45, 7) is 4.61. The van der Waals surface area contributed by atoms with Crippen molar-refractivity contribution >= 4 is 5.82 Å². The SMILES string of the molecule is CC1CCC(Nc2cc(C#N)ccn2)C(C)C1. The average Bonchev–Trinajstić information content (AvgIpc) is 2.33. The van der Waals surface area contributed by atoms with Crippen LogP contribution in [0.4, 0.5) is 5.82 Å². The summed E-state index contributed by atoms with van der Waals surface area (Å²) in [5, 5.41) is 12.3. The lowest BCUT2D eigenvalue weighted by molar-refractivity contribution is 0.276. The number of hydrogen-bond acceptors (Lipinski definition) is 3. The van der Waals surface area contributed by atoms with Gasteiger partial charge in [-0.25, -0.2) is 4.98 Å². The van der Waals surface area contributed by atoms with Gasteiger partial charge in [0, 0.05) is 12.2 Å². The Morgan fingerprint density at radius 2 is 2.24 bits per heavy atom. The van der Waals surface area contributed by atoms with E-state index in [1.54, 1.807) is 12.3 Å². The summed E-state index contributed by atoms with van der Waals surface area (Å²) in [5.74, 6) is 2.34. The summed E-state index contributed by atoms with van der Waals surface area (Å²) in [6, 6.07) is 6.19. The number of hydrogen-bond donors (Lipinski definition) is 1. The lowest BCUT2D eigenvalue weighted by atomic mass is 9.80. The first-order valence-corrected chi connectivity index (χ1v) is 6.31. The minimum Gasteiger partial charge on any atom is -0.367 e. The van der Waals surface area contributed by atoms with Gasteiger partial charge in [0.05, 0.1) is 11.6 Å². The van der Waals surface area contributed by atoms with Crippen LogP contribution in [0, 0.1) is 23.2 Å². The van der Waals surface area contributed by atoms with Crippen molar-refractivity contribution in [1.29, 1.82) is 5.26 Å². The zero-order valence-corrected chi connectivity index (χ0v) is 10.5. The van der Waals surface area contributed by atoms with Crippen LogP contribution in [0.25, 0.3) is 0 Å². The number of nitrogens with one attached hydrogen (secondary N) is 1. The largest absolute Gasteiger partial charge is 0.367 e. The van der Waals surface area contributed by atoms with E-state index in [1.807, 2.05) is 6.07 Å². The molecule has 1 aliphatic carbocycles. The van der Waals surface area contributed by atoms with Crippen molar-refractivity contribution in [2.24, 2.45) is 11.8 Å². The van der Waals surface area contributed by atoms with Crippen LogP contribution in [0.3, 0.4) is 0 Å². The molecule has 3 heteroatoms. The maximum Gasteiger partial charge on any atom is 0.127 e. The average molecular weight is 229 g/mol. The number of rotatable bonds is 2. The Morgan fingerprint density at radius 3 is 2.94 bits per heavy atom. The van der Waals surface area contributed by atoms with Crippen molar-refractivity contribution in [3.05, 3.63) is 23.9 Å². The van der Waals surface area contributed by atoms with E-state index >= 15 is 0 Å². The normalized spacial score (nSPS) is 28.4. The first kappa shape index (κ1) is 11.9. The Bertz CT molecular complexity index is 422. The van der Waals surface area contributed by atoms with Gasteiger partial charge in [-0.1, -0.05) is 13.8 Å². The standard InChI is InChI=1S/C14H19N3/c1-10-3-4-13(11(2)7-10)17-14-8-12(9-15)5-6-16-14/h5-6,8,10-11,13H,3-4,7H2,1-2H3,(H,16,17). The molecule has 1 saturated carbocycles. The van der Waals surface area contributed by atoms with Gasteiger partial charge >= 0.3 is 0 Å². The Balaban J connectivity index is 2.03.